The molecule has 2 saturated heterocycles. The Labute approximate surface area is 200 Å². The standard InChI is InChI=1S/C21H24F2N6O5S/c1-14(30)25-11-16-13-28(21(31)34-16)15-9-18(22)20(19(23)10-15)27-6-5-26-29(8-7-27)35(32,33)17-3-2-4-24-12-17/h2-4,9-10,12,16,26H,5-8,11,13H2,1H3,(H,25,30)/t16-/m0/s1. The van der Waals surface area contributed by atoms with Gasteiger partial charge in [0.15, 0.2) is 11.6 Å². The first-order valence-corrected chi connectivity index (χ1v) is 12.2. The molecule has 1 aromatic heterocycles. The van der Waals surface area contributed by atoms with Gasteiger partial charge in [0.05, 0.1) is 18.8 Å². The van der Waals surface area contributed by atoms with Gasteiger partial charge in [-0.2, -0.15) is 0 Å². The zero-order chi connectivity index (χ0) is 25.2. The molecule has 2 amide bonds. The number of hydrogen-bond donors (Lipinski definition) is 2. The number of carbonyl (C=O) groups excluding carboxylic acids is 2. The number of benzene rings is 1. The van der Waals surface area contributed by atoms with Crippen molar-refractivity contribution in [3.8, 4) is 0 Å². The van der Waals surface area contributed by atoms with Crippen molar-refractivity contribution >= 4 is 33.4 Å². The summed E-state index contributed by atoms with van der Waals surface area (Å²) in [6.07, 6.45) is 1.25. The maximum absolute atomic E-state index is 15.1. The first-order valence-electron chi connectivity index (χ1n) is 10.8. The molecule has 188 valence electrons. The van der Waals surface area contributed by atoms with E-state index in [-0.39, 0.29) is 61.4 Å². The number of halogens is 2. The molecule has 0 radical (unpaired) electrons. The van der Waals surface area contributed by atoms with Crippen LogP contribution in [0.3, 0.4) is 0 Å². The summed E-state index contributed by atoms with van der Waals surface area (Å²) in [5.74, 6) is -2.09. The number of carbonyl (C=O) groups is 2. The number of pyridine rings is 1. The van der Waals surface area contributed by atoms with Gasteiger partial charge in [0.2, 0.25) is 5.91 Å². The normalized spacial score (nSPS) is 19.4. The molecule has 11 nitrogen and oxygen atoms in total. The molecule has 1 aromatic carbocycles. The van der Waals surface area contributed by atoms with Crippen LogP contribution >= 0.6 is 0 Å². The Kier molecular flexibility index (Phi) is 7.14. The van der Waals surface area contributed by atoms with E-state index >= 15 is 8.78 Å². The van der Waals surface area contributed by atoms with Crippen LogP contribution in [0.4, 0.5) is 25.0 Å². The minimum Gasteiger partial charge on any atom is -0.442 e. The largest absolute Gasteiger partial charge is 0.442 e. The molecule has 0 spiro atoms. The van der Waals surface area contributed by atoms with Gasteiger partial charge in [-0.15, -0.1) is 4.41 Å². The Morgan fingerprint density at radius 3 is 2.66 bits per heavy atom. The van der Waals surface area contributed by atoms with Crippen molar-refractivity contribution < 1.29 is 31.5 Å². The minimum atomic E-state index is -3.89. The molecule has 14 heteroatoms. The fraction of sp³-hybridized carbons (Fsp3) is 0.381. The maximum Gasteiger partial charge on any atom is 0.414 e. The zero-order valence-electron chi connectivity index (χ0n) is 18.8. The van der Waals surface area contributed by atoms with Crippen molar-refractivity contribution in [1.29, 1.82) is 0 Å². The average Bonchev–Trinajstić information content (AvgIpc) is 3.02. The summed E-state index contributed by atoms with van der Waals surface area (Å²) in [6, 6.07) is 4.97. The molecule has 0 aliphatic carbocycles. The third-order valence-corrected chi connectivity index (χ3v) is 7.28. The molecular weight excluding hydrogens is 486 g/mol. The Morgan fingerprint density at radius 2 is 2.00 bits per heavy atom. The Balaban J connectivity index is 1.48. The summed E-state index contributed by atoms with van der Waals surface area (Å²) in [5.41, 5.74) is 2.44. The van der Waals surface area contributed by atoms with E-state index in [0.717, 1.165) is 21.4 Å². The summed E-state index contributed by atoms with van der Waals surface area (Å²) >= 11 is 0. The number of ether oxygens (including phenoxy) is 1. The highest BCUT2D eigenvalue weighted by molar-refractivity contribution is 7.89. The van der Waals surface area contributed by atoms with Crippen LogP contribution in [-0.4, -0.2) is 75.2 Å². The van der Waals surface area contributed by atoms with Crippen LogP contribution in [-0.2, 0) is 19.6 Å². The van der Waals surface area contributed by atoms with Crippen LogP contribution in [0.5, 0.6) is 0 Å². The first-order chi connectivity index (χ1) is 16.7. The van der Waals surface area contributed by atoms with Crippen molar-refractivity contribution in [1.82, 2.24) is 20.1 Å². The van der Waals surface area contributed by atoms with Gasteiger partial charge in [0.25, 0.3) is 10.0 Å². The summed E-state index contributed by atoms with van der Waals surface area (Å²) in [6.45, 7) is 1.63. The van der Waals surface area contributed by atoms with E-state index in [1.807, 2.05) is 0 Å². The third kappa shape index (κ3) is 5.33. The number of nitrogens with one attached hydrogen (secondary N) is 2. The number of hydrogen-bond acceptors (Lipinski definition) is 8. The predicted octanol–water partition coefficient (Wildman–Crippen LogP) is 0.837. The van der Waals surface area contributed by atoms with Crippen molar-refractivity contribution in [2.24, 2.45) is 0 Å². The number of anilines is 2. The number of amides is 2. The van der Waals surface area contributed by atoms with Gasteiger partial charge >= 0.3 is 6.09 Å². The van der Waals surface area contributed by atoms with Crippen LogP contribution in [0.15, 0.2) is 41.6 Å². The van der Waals surface area contributed by atoms with Gasteiger partial charge in [-0.05, 0) is 12.1 Å². The Bertz CT molecular complexity index is 1190. The molecule has 3 heterocycles. The molecule has 0 bridgehead atoms. The van der Waals surface area contributed by atoms with E-state index in [4.69, 9.17) is 4.74 Å². The summed E-state index contributed by atoms with van der Waals surface area (Å²) in [4.78, 5) is 29.6. The maximum atomic E-state index is 15.1. The van der Waals surface area contributed by atoms with E-state index in [1.165, 1.54) is 36.4 Å². The second-order valence-electron chi connectivity index (χ2n) is 7.97. The molecule has 2 aliphatic rings. The van der Waals surface area contributed by atoms with Gasteiger partial charge in [0.1, 0.15) is 16.7 Å². The number of sulfonamides is 1. The second kappa shape index (κ2) is 10.1. The molecule has 0 unspecified atom stereocenters. The van der Waals surface area contributed by atoms with Gasteiger partial charge in [-0.1, -0.05) is 0 Å². The quantitative estimate of drug-likeness (QED) is 0.586. The summed E-state index contributed by atoms with van der Waals surface area (Å²) in [5, 5.41) is 2.53. The third-order valence-electron chi connectivity index (χ3n) is 5.55. The van der Waals surface area contributed by atoms with Gasteiger partial charge in [-0.3, -0.25) is 14.7 Å². The van der Waals surface area contributed by atoms with E-state index in [2.05, 4.69) is 15.7 Å². The van der Waals surface area contributed by atoms with Crippen molar-refractivity contribution in [2.45, 2.75) is 17.9 Å². The lowest BCUT2D eigenvalue weighted by Crippen LogP contribution is -2.43. The number of aromatic nitrogens is 1. The van der Waals surface area contributed by atoms with Crippen molar-refractivity contribution in [3.05, 3.63) is 48.3 Å². The monoisotopic (exact) mass is 510 g/mol. The first kappa shape index (κ1) is 24.8. The zero-order valence-corrected chi connectivity index (χ0v) is 19.6. The van der Waals surface area contributed by atoms with Gasteiger partial charge in [0, 0.05) is 57.6 Å². The molecule has 2 fully saturated rings. The van der Waals surface area contributed by atoms with Crippen LogP contribution in [0.25, 0.3) is 0 Å². The Morgan fingerprint density at radius 1 is 1.26 bits per heavy atom. The van der Waals surface area contributed by atoms with Gasteiger partial charge < -0.3 is 15.0 Å². The van der Waals surface area contributed by atoms with Crippen LogP contribution in [0.1, 0.15) is 6.92 Å². The fourth-order valence-electron chi connectivity index (χ4n) is 3.87. The fourth-order valence-corrected chi connectivity index (χ4v) is 5.16. The lowest BCUT2D eigenvalue weighted by Gasteiger charge is -2.25. The number of hydrazine groups is 1. The van der Waals surface area contributed by atoms with E-state index in [1.54, 1.807) is 0 Å². The lowest BCUT2D eigenvalue weighted by atomic mass is 10.2. The highest BCUT2D eigenvalue weighted by atomic mass is 32.2. The molecule has 2 aliphatic heterocycles. The van der Waals surface area contributed by atoms with E-state index in [9.17, 15) is 18.0 Å². The van der Waals surface area contributed by atoms with Crippen LogP contribution < -0.4 is 20.5 Å². The van der Waals surface area contributed by atoms with Crippen molar-refractivity contribution in [2.75, 3.05) is 49.1 Å². The topological polar surface area (TPSA) is 124 Å². The highest BCUT2D eigenvalue weighted by Crippen LogP contribution is 2.31. The molecule has 2 N–H and O–H groups in total. The molecular formula is C21H24F2N6O5S. The highest BCUT2D eigenvalue weighted by Gasteiger charge is 2.34. The number of rotatable bonds is 6. The number of nitrogens with zero attached hydrogens (tertiary/aromatic N) is 4. The molecule has 35 heavy (non-hydrogen) atoms. The van der Waals surface area contributed by atoms with E-state index in [0.29, 0.717) is 0 Å². The SMILES string of the molecule is CC(=O)NC[C@H]1CN(c2cc(F)c(N3CCNN(S(=O)(=O)c4cccnc4)CC3)c(F)c2)C(=O)O1. The molecule has 2 aromatic rings. The predicted molar refractivity (Wildman–Crippen MR) is 121 cm³/mol. The molecule has 4 rings (SSSR count). The van der Waals surface area contributed by atoms with Crippen molar-refractivity contribution in [3.63, 3.8) is 0 Å². The van der Waals surface area contributed by atoms with Crippen LogP contribution in [0, 0.1) is 11.6 Å². The second-order valence-corrected chi connectivity index (χ2v) is 9.83. The lowest BCUT2D eigenvalue weighted by molar-refractivity contribution is -0.119. The number of cyclic esters (lactones) is 1. The minimum absolute atomic E-state index is 0.00281. The van der Waals surface area contributed by atoms with Gasteiger partial charge in [-0.25, -0.2) is 27.4 Å². The van der Waals surface area contributed by atoms with Crippen LogP contribution in [0.2, 0.25) is 0 Å². The molecule has 0 saturated carbocycles. The summed E-state index contributed by atoms with van der Waals surface area (Å²) < 4.78 is 62.0. The average molecular weight is 511 g/mol. The summed E-state index contributed by atoms with van der Waals surface area (Å²) in [7, 11) is -3.89. The molecule has 1 atom stereocenters. The van der Waals surface area contributed by atoms with E-state index < -0.39 is 33.9 Å². The Hall–Kier alpha value is -3.36. The smallest absolute Gasteiger partial charge is 0.414 e.